The summed E-state index contributed by atoms with van der Waals surface area (Å²) in [4.78, 5) is 9.45. The van der Waals surface area contributed by atoms with Gasteiger partial charge in [0.1, 0.15) is 0 Å². The van der Waals surface area contributed by atoms with Crippen molar-refractivity contribution in [1.82, 2.24) is 0 Å². The van der Waals surface area contributed by atoms with Crippen LogP contribution in [0.4, 0.5) is 0 Å². The van der Waals surface area contributed by atoms with Crippen LogP contribution < -0.4 is 0 Å². The first-order valence-electron chi connectivity index (χ1n) is 2.89. The first kappa shape index (κ1) is 9.58. The fourth-order valence-corrected chi connectivity index (χ4v) is 0.500. The molecule has 0 spiro atoms. The molecule has 0 fully saturated rings. The Bertz CT molecular complexity index is 218. The molecule has 0 unspecified atom stereocenters. The molecule has 11 heavy (non-hydrogen) atoms. The smallest absolute Gasteiger partial charge is 0.267 e. The van der Waals surface area contributed by atoms with Crippen molar-refractivity contribution in [3.8, 4) is 0 Å². The number of nitro groups is 1. The SMILES string of the molecule is C=C/C=C(/CO)C(=C)[N+](=O)[O-]. The van der Waals surface area contributed by atoms with Gasteiger partial charge in [0.15, 0.2) is 0 Å². The standard InChI is InChI=1S/C7H9NO3/c1-3-4-7(5-9)6(2)8(10)11/h3-4,9H,1-2,5H2/b7-4-. The van der Waals surface area contributed by atoms with Crippen molar-refractivity contribution in [1.29, 1.82) is 0 Å². The number of hydrogen-bond acceptors (Lipinski definition) is 3. The minimum Gasteiger partial charge on any atom is -0.391 e. The van der Waals surface area contributed by atoms with E-state index in [-0.39, 0.29) is 11.3 Å². The maximum atomic E-state index is 10.1. The topological polar surface area (TPSA) is 63.4 Å². The summed E-state index contributed by atoms with van der Waals surface area (Å²) in [6, 6.07) is 0. The minimum absolute atomic E-state index is 0.171. The van der Waals surface area contributed by atoms with Crippen LogP contribution in [0, 0.1) is 10.1 Å². The lowest BCUT2D eigenvalue weighted by Gasteiger charge is -1.96. The van der Waals surface area contributed by atoms with E-state index in [2.05, 4.69) is 13.2 Å². The molecule has 0 aliphatic heterocycles. The molecule has 0 saturated carbocycles. The number of hydrogen-bond donors (Lipinski definition) is 1. The number of allylic oxidation sites excluding steroid dienone is 2. The van der Waals surface area contributed by atoms with Crippen molar-refractivity contribution < 1.29 is 10.0 Å². The largest absolute Gasteiger partial charge is 0.391 e. The normalized spacial score (nSPS) is 10.8. The van der Waals surface area contributed by atoms with Gasteiger partial charge in [0.05, 0.1) is 17.1 Å². The first-order chi connectivity index (χ1) is 5.13. The van der Waals surface area contributed by atoms with E-state index in [1.54, 1.807) is 0 Å². The van der Waals surface area contributed by atoms with Gasteiger partial charge in [-0.3, -0.25) is 10.1 Å². The molecule has 0 aliphatic rings. The number of nitrogens with zero attached hydrogens (tertiary/aromatic N) is 1. The quantitative estimate of drug-likeness (QED) is 0.372. The van der Waals surface area contributed by atoms with Crippen molar-refractivity contribution >= 4 is 0 Å². The number of aliphatic hydroxyl groups excluding tert-OH is 1. The molecule has 0 amide bonds. The fraction of sp³-hybridized carbons (Fsp3) is 0.143. The molecule has 0 radical (unpaired) electrons. The van der Waals surface area contributed by atoms with Crippen LogP contribution in [0.1, 0.15) is 0 Å². The van der Waals surface area contributed by atoms with Crippen molar-refractivity contribution in [2.75, 3.05) is 6.61 Å². The second-order valence-electron chi connectivity index (χ2n) is 1.79. The lowest BCUT2D eigenvalue weighted by atomic mass is 10.2. The van der Waals surface area contributed by atoms with Gasteiger partial charge >= 0.3 is 0 Å². The summed E-state index contributed by atoms with van der Waals surface area (Å²) in [5.74, 6) is 0. The summed E-state index contributed by atoms with van der Waals surface area (Å²) < 4.78 is 0. The predicted octanol–water partition coefficient (Wildman–Crippen LogP) is 0.881. The van der Waals surface area contributed by atoms with Crippen molar-refractivity contribution in [3.05, 3.63) is 46.7 Å². The first-order valence-corrected chi connectivity index (χ1v) is 2.89. The van der Waals surface area contributed by atoms with Gasteiger partial charge in [-0.25, -0.2) is 0 Å². The molecule has 0 aromatic rings. The van der Waals surface area contributed by atoms with Gasteiger partial charge in [-0.1, -0.05) is 18.7 Å². The third-order valence-corrected chi connectivity index (χ3v) is 1.08. The zero-order valence-electron chi connectivity index (χ0n) is 5.99. The Morgan fingerprint density at radius 1 is 1.73 bits per heavy atom. The maximum absolute atomic E-state index is 10.1. The zero-order valence-corrected chi connectivity index (χ0v) is 5.99. The lowest BCUT2D eigenvalue weighted by Crippen LogP contribution is -2.03. The van der Waals surface area contributed by atoms with Crippen LogP contribution in [0.5, 0.6) is 0 Å². The second-order valence-corrected chi connectivity index (χ2v) is 1.79. The Labute approximate surface area is 64.3 Å². The Hall–Kier alpha value is -1.42. The highest BCUT2D eigenvalue weighted by Gasteiger charge is 2.11. The van der Waals surface area contributed by atoms with E-state index in [0.29, 0.717) is 0 Å². The van der Waals surface area contributed by atoms with Gasteiger partial charge in [0.2, 0.25) is 0 Å². The van der Waals surface area contributed by atoms with E-state index in [4.69, 9.17) is 5.11 Å². The van der Waals surface area contributed by atoms with Gasteiger partial charge in [-0.05, 0) is 6.58 Å². The fourth-order valence-electron chi connectivity index (χ4n) is 0.500. The third-order valence-electron chi connectivity index (χ3n) is 1.08. The molecule has 0 aromatic heterocycles. The highest BCUT2D eigenvalue weighted by atomic mass is 16.6. The van der Waals surface area contributed by atoms with Gasteiger partial charge in [-0.15, -0.1) is 0 Å². The maximum Gasteiger partial charge on any atom is 0.267 e. The summed E-state index contributed by atoms with van der Waals surface area (Å²) in [7, 11) is 0. The molecule has 0 bridgehead atoms. The lowest BCUT2D eigenvalue weighted by molar-refractivity contribution is -0.420. The summed E-state index contributed by atoms with van der Waals surface area (Å²) in [5.41, 5.74) is -0.127. The van der Waals surface area contributed by atoms with Crippen molar-refractivity contribution in [2.45, 2.75) is 0 Å². The van der Waals surface area contributed by atoms with Crippen LogP contribution in [-0.2, 0) is 0 Å². The second kappa shape index (κ2) is 4.40. The molecule has 0 heterocycles. The van der Waals surface area contributed by atoms with E-state index >= 15 is 0 Å². The molecule has 60 valence electrons. The average Bonchev–Trinajstić information content (AvgIpc) is 1.98. The third kappa shape index (κ3) is 2.77. The molecule has 0 rings (SSSR count). The molecule has 0 atom stereocenters. The van der Waals surface area contributed by atoms with E-state index in [1.807, 2.05) is 0 Å². The predicted molar refractivity (Wildman–Crippen MR) is 41.5 cm³/mol. The van der Waals surface area contributed by atoms with Crippen LogP contribution in [-0.4, -0.2) is 16.6 Å². The molecular weight excluding hydrogens is 146 g/mol. The number of aliphatic hydroxyl groups is 1. The van der Waals surface area contributed by atoms with Crippen molar-refractivity contribution in [2.24, 2.45) is 0 Å². The molecule has 0 saturated heterocycles. The molecule has 0 aromatic carbocycles. The van der Waals surface area contributed by atoms with Gasteiger partial charge in [-0.2, -0.15) is 0 Å². The van der Waals surface area contributed by atoms with Crippen LogP contribution in [0.15, 0.2) is 36.6 Å². The van der Waals surface area contributed by atoms with Gasteiger partial charge in [0.25, 0.3) is 5.70 Å². The molecular formula is C7H9NO3. The zero-order chi connectivity index (χ0) is 8.85. The average molecular weight is 155 g/mol. The van der Waals surface area contributed by atoms with Crippen LogP contribution >= 0.6 is 0 Å². The summed E-state index contributed by atoms with van der Waals surface area (Å²) in [6.45, 7) is 6.11. The van der Waals surface area contributed by atoms with Gasteiger partial charge < -0.3 is 5.11 Å². The summed E-state index contributed by atoms with van der Waals surface area (Å²) in [6.07, 6.45) is 2.71. The van der Waals surface area contributed by atoms with Crippen LogP contribution in [0.2, 0.25) is 0 Å². The van der Waals surface area contributed by atoms with E-state index < -0.39 is 11.5 Å². The Morgan fingerprint density at radius 2 is 2.27 bits per heavy atom. The Morgan fingerprint density at radius 3 is 2.55 bits per heavy atom. The van der Waals surface area contributed by atoms with E-state index in [1.165, 1.54) is 12.2 Å². The van der Waals surface area contributed by atoms with Crippen LogP contribution in [0.25, 0.3) is 0 Å². The highest BCUT2D eigenvalue weighted by molar-refractivity contribution is 5.26. The summed E-state index contributed by atoms with van der Waals surface area (Å²) in [5, 5.41) is 18.7. The van der Waals surface area contributed by atoms with E-state index in [0.717, 1.165) is 0 Å². The molecule has 4 heteroatoms. The minimum atomic E-state index is -0.647. The molecule has 0 aliphatic carbocycles. The van der Waals surface area contributed by atoms with Crippen molar-refractivity contribution in [3.63, 3.8) is 0 Å². The van der Waals surface area contributed by atoms with Gasteiger partial charge in [0, 0.05) is 0 Å². The van der Waals surface area contributed by atoms with E-state index in [9.17, 15) is 10.1 Å². The molecule has 4 nitrogen and oxygen atoms in total. The number of rotatable bonds is 4. The van der Waals surface area contributed by atoms with Crippen LogP contribution in [0.3, 0.4) is 0 Å². The Kier molecular flexibility index (Phi) is 3.84. The Balaban J connectivity index is 4.51. The summed E-state index contributed by atoms with van der Waals surface area (Å²) >= 11 is 0. The molecule has 1 N–H and O–H groups in total. The highest BCUT2D eigenvalue weighted by Crippen LogP contribution is 2.06. The monoisotopic (exact) mass is 155 g/mol.